The normalized spacial score (nSPS) is 18.8. The zero-order valence-electron chi connectivity index (χ0n) is 21.3. The predicted octanol–water partition coefficient (Wildman–Crippen LogP) is 4.66. The molecule has 1 aliphatic heterocycles. The van der Waals surface area contributed by atoms with E-state index in [1.54, 1.807) is 21.3 Å². The van der Waals surface area contributed by atoms with E-state index in [2.05, 4.69) is 52.7 Å². The van der Waals surface area contributed by atoms with E-state index < -0.39 is 0 Å². The number of ether oxygens (including phenoxy) is 3. The van der Waals surface area contributed by atoms with E-state index >= 15 is 0 Å². The summed E-state index contributed by atoms with van der Waals surface area (Å²) in [6, 6.07) is 20.9. The minimum Gasteiger partial charge on any atom is -0.497 e. The lowest BCUT2D eigenvalue weighted by Gasteiger charge is -2.37. The van der Waals surface area contributed by atoms with Crippen LogP contribution in [0.2, 0.25) is 0 Å². The summed E-state index contributed by atoms with van der Waals surface area (Å²) in [6.45, 7) is 1.18. The molecule has 1 aliphatic carbocycles. The van der Waals surface area contributed by atoms with Gasteiger partial charge in [-0.1, -0.05) is 36.4 Å². The third kappa shape index (κ3) is 4.91. The van der Waals surface area contributed by atoms with Crippen molar-refractivity contribution in [2.24, 2.45) is 0 Å². The van der Waals surface area contributed by atoms with E-state index in [4.69, 9.17) is 14.2 Å². The Balaban J connectivity index is 1.38. The zero-order valence-corrected chi connectivity index (χ0v) is 21.3. The van der Waals surface area contributed by atoms with Crippen LogP contribution in [0.5, 0.6) is 17.2 Å². The van der Waals surface area contributed by atoms with Crippen molar-refractivity contribution in [1.82, 2.24) is 10.2 Å². The predicted molar refractivity (Wildman–Crippen MR) is 140 cm³/mol. The van der Waals surface area contributed by atoms with Crippen LogP contribution < -0.4 is 19.5 Å². The lowest BCUT2D eigenvalue weighted by atomic mass is 9.88. The first-order chi connectivity index (χ1) is 17.6. The van der Waals surface area contributed by atoms with Gasteiger partial charge in [0.1, 0.15) is 5.75 Å². The average molecular weight is 487 g/mol. The smallest absolute Gasteiger partial charge is 0.234 e. The summed E-state index contributed by atoms with van der Waals surface area (Å²) in [6.07, 6.45) is 3.62. The van der Waals surface area contributed by atoms with Gasteiger partial charge in [-0.25, -0.2) is 0 Å². The topological polar surface area (TPSA) is 60.0 Å². The van der Waals surface area contributed by atoms with Crippen molar-refractivity contribution in [2.75, 3.05) is 34.4 Å². The second-order valence-corrected chi connectivity index (χ2v) is 9.55. The molecule has 6 nitrogen and oxygen atoms in total. The summed E-state index contributed by atoms with van der Waals surface area (Å²) in [4.78, 5) is 15.6. The summed E-state index contributed by atoms with van der Waals surface area (Å²) < 4.78 is 16.4. The maximum absolute atomic E-state index is 13.3. The van der Waals surface area contributed by atoms with Crippen LogP contribution in [0.4, 0.5) is 0 Å². The minimum absolute atomic E-state index is 0.0689. The summed E-state index contributed by atoms with van der Waals surface area (Å²) in [7, 11) is 5.00. The number of rotatable bonds is 8. The number of carbonyl (C=O) groups is 1. The standard InChI is InChI=1S/C30H34N2O4/c1-34-23-10-11-25-22(18-23)14-15-32(27(25)16-20-8-13-28(35-2)29(17-20)36-3)19-30(33)31-26-12-9-21-6-4-5-7-24(21)26/h4-8,10-11,13,17-18,26-27H,9,12,14-16,19H2,1-3H3,(H,31,33). The number of benzene rings is 3. The Morgan fingerprint density at radius 1 is 0.889 bits per heavy atom. The molecule has 0 saturated carbocycles. The van der Waals surface area contributed by atoms with Crippen molar-refractivity contribution in [3.8, 4) is 17.2 Å². The van der Waals surface area contributed by atoms with Gasteiger partial charge < -0.3 is 19.5 Å². The first-order valence-corrected chi connectivity index (χ1v) is 12.6. The molecule has 36 heavy (non-hydrogen) atoms. The molecule has 0 radical (unpaired) electrons. The highest BCUT2D eigenvalue weighted by atomic mass is 16.5. The number of fused-ring (bicyclic) bond motifs is 2. The van der Waals surface area contributed by atoms with Crippen LogP contribution in [0, 0.1) is 0 Å². The molecule has 5 rings (SSSR count). The fourth-order valence-electron chi connectivity index (χ4n) is 5.66. The van der Waals surface area contributed by atoms with Crippen LogP contribution in [0.1, 0.15) is 46.3 Å². The van der Waals surface area contributed by atoms with E-state index in [0.717, 1.165) is 43.5 Å². The molecule has 1 heterocycles. The number of amides is 1. The van der Waals surface area contributed by atoms with Gasteiger partial charge in [-0.05, 0) is 77.8 Å². The van der Waals surface area contributed by atoms with Crippen LogP contribution >= 0.6 is 0 Å². The molecule has 0 spiro atoms. The lowest BCUT2D eigenvalue weighted by Crippen LogP contribution is -2.44. The quantitative estimate of drug-likeness (QED) is 0.502. The average Bonchev–Trinajstić information content (AvgIpc) is 3.32. The number of hydrogen-bond donors (Lipinski definition) is 1. The molecule has 3 aromatic rings. The molecule has 2 unspecified atom stereocenters. The van der Waals surface area contributed by atoms with E-state index in [9.17, 15) is 4.79 Å². The molecule has 3 aromatic carbocycles. The number of carbonyl (C=O) groups excluding carboxylic acids is 1. The van der Waals surface area contributed by atoms with Gasteiger partial charge >= 0.3 is 0 Å². The molecule has 2 atom stereocenters. The molecule has 0 fully saturated rings. The van der Waals surface area contributed by atoms with Crippen molar-refractivity contribution in [3.05, 3.63) is 88.5 Å². The van der Waals surface area contributed by atoms with E-state index in [1.807, 2.05) is 18.2 Å². The largest absolute Gasteiger partial charge is 0.497 e. The maximum atomic E-state index is 13.3. The van der Waals surface area contributed by atoms with Crippen molar-refractivity contribution < 1.29 is 19.0 Å². The molecule has 6 heteroatoms. The Bertz CT molecular complexity index is 1240. The highest BCUT2D eigenvalue weighted by Crippen LogP contribution is 2.37. The van der Waals surface area contributed by atoms with E-state index in [1.165, 1.54) is 22.3 Å². The van der Waals surface area contributed by atoms with Crippen molar-refractivity contribution in [3.63, 3.8) is 0 Å². The number of nitrogens with one attached hydrogen (secondary N) is 1. The van der Waals surface area contributed by atoms with Gasteiger partial charge in [0.25, 0.3) is 0 Å². The number of aryl methyl sites for hydroxylation is 1. The molecular formula is C30H34N2O4. The molecule has 0 saturated heterocycles. The number of methoxy groups -OCH3 is 3. The zero-order chi connectivity index (χ0) is 25.1. The van der Waals surface area contributed by atoms with E-state index in [0.29, 0.717) is 18.0 Å². The molecular weight excluding hydrogens is 452 g/mol. The second kappa shape index (κ2) is 10.6. The van der Waals surface area contributed by atoms with Crippen molar-refractivity contribution in [2.45, 2.75) is 37.8 Å². The fourth-order valence-corrected chi connectivity index (χ4v) is 5.66. The molecule has 0 aromatic heterocycles. The first kappa shape index (κ1) is 24.2. The van der Waals surface area contributed by atoms with Crippen LogP contribution in [-0.2, 0) is 24.1 Å². The molecule has 1 N–H and O–H groups in total. The van der Waals surface area contributed by atoms with Crippen LogP contribution in [0.15, 0.2) is 60.7 Å². The van der Waals surface area contributed by atoms with E-state index in [-0.39, 0.29) is 18.0 Å². The molecule has 188 valence electrons. The second-order valence-electron chi connectivity index (χ2n) is 9.55. The Hall–Kier alpha value is -3.51. The molecule has 1 amide bonds. The van der Waals surface area contributed by atoms with Crippen LogP contribution in [-0.4, -0.2) is 45.2 Å². The minimum atomic E-state index is 0.0689. The Kier molecular flexibility index (Phi) is 7.14. The van der Waals surface area contributed by atoms with Gasteiger partial charge in [0.15, 0.2) is 11.5 Å². The third-order valence-electron chi connectivity index (χ3n) is 7.51. The van der Waals surface area contributed by atoms with Gasteiger partial charge in [0.2, 0.25) is 5.91 Å². The number of nitrogens with zero attached hydrogens (tertiary/aromatic N) is 1. The SMILES string of the molecule is COc1ccc2c(c1)CCN(CC(=O)NC1CCc3ccccc31)C2Cc1ccc(OC)c(OC)c1. The third-order valence-corrected chi connectivity index (χ3v) is 7.51. The van der Waals surface area contributed by atoms with Gasteiger partial charge in [-0.15, -0.1) is 0 Å². The van der Waals surface area contributed by atoms with Crippen LogP contribution in [0.25, 0.3) is 0 Å². The van der Waals surface area contributed by atoms with Gasteiger partial charge in [0, 0.05) is 12.6 Å². The maximum Gasteiger partial charge on any atom is 0.234 e. The summed E-state index contributed by atoms with van der Waals surface area (Å²) >= 11 is 0. The van der Waals surface area contributed by atoms with Crippen molar-refractivity contribution in [1.29, 1.82) is 0 Å². The van der Waals surface area contributed by atoms with Crippen molar-refractivity contribution >= 4 is 5.91 Å². The van der Waals surface area contributed by atoms with Gasteiger partial charge in [-0.2, -0.15) is 0 Å². The summed E-state index contributed by atoms with van der Waals surface area (Å²) in [5.74, 6) is 2.36. The summed E-state index contributed by atoms with van der Waals surface area (Å²) in [5.41, 5.74) is 6.26. The Morgan fingerprint density at radius 3 is 2.53 bits per heavy atom. The highest BCUT2D eigenvalue weighted by Gasteiger charge is 2.31. The lowest BCUT2D eigenvalue weighted by molar-refractivity contribution is -0.123. The molecule has 2 aliphatic rings. The molecule has 0 bridgehead atoms. The van der Waals surface area contributed by atoms with Gasteiger partial charge in [0.05, 0.1) is 33.9 Å². The summed E-state index contributed by atoms with van der Waals surface area (Å²) in [5, 5.41) is 3.31. The first-order valence-electron chi connectivity index (χ1n) is 12.6. The van der Waals surface area contributed by atoms with Crippen LogP contribution in [0.3, 0.4) is 0 Å². The van der Waals surface area contributed by atoms with Gasteiger partial charge in [-0.3, -0.25) is 9.69 Å². The Morgan fingerprint density at radius 2 is 1.72 bits per heavy atom. The fraction of sp³-hybridized carbons (Fsp3) is 0.367. The number of hydrogen-bond acceptors (Lipinski definition) is 5. The monoisotopic (exact) mass is 486 g/mol. The highest BCUT2D eigenvalue weighted by molar-refractivity contribution is 5.79. The Labute approximate surface area is 213 Å².